The summed E-state index contributed by atoms with van der Waals surface area (Å²) in [6, 6.07) is 18.8. The van der Waals surface area contributed by atoms with Gasteiger partial charge in [-0.2, -0.15) is 18.3 Å². The van der Waals surface area contributed by atoms with E-state index < -0.39 is 12.1 Å². The summed E-state index contributed by atoms with van der Waals surface area (Å²) in [7, 11) is 0. The molecular formula is C32H32F3N7O3. The van der Waals surface area contributed by atoms with Gasteiger partial charge in [0, 0.05) is 54.7 Å². The molecule has 5 heterocycles. The van der Waals surface area contributed by atoms with Gasteiger partial charge < -0.3 is 15.4 Å². The number of rotatable bonds is 5. The van der Waals surface area contributed by atoms with Crippen LogP contribution in [-0.2, 0) is 11.3 Å². The van der Waals surface area contributed by atoms with Crippen LogP contribution in [0.15, 0.2) is 67.0 Å². The largest absolute Gasteiger partial charge is 0.490 e. The highest BCUT2D eigenvalue weighted by Gasteiger charge is 2.38. The molecule has 45 heavy (non-hydrogen) atoms. The molecule has 2 aliphatic rings. The summed E-state index contributed by atoms with van der Waals surface area (Å²) in [6.45, 7) is 5.26. The lowest BCUT2D eigenvalue weighted by Crippen LogP contribution is -2.54. The Bertz CT molecular complexity index is 1830. The van der Waals surface area contributed by atoms with E-state index in [-0.39, 0.29) is 5.91 Å². The van der Waals surface area contributed by atoms with Gasteiger partial charge >= 0.3 is 12.1 Å². The van der Waals surface area contributed by atoms with Crippen LogP contribution in [0.1, 0.15) is 35.4 Å². The summed E-state index contributed by atoms with van der Waals surface area (Å²) < 4.78 is 31.7. The monoisotopic (exact) mass is 619 g/mol. The van der Waals surface area contributed by atoms with Gasteiger partial charge in [0.25, 0.3) is 5.91 Å². The second-order valence-electron chi connectivity index (χ2n) is 11.3. The summed E-state index contributed by atoms with van der Waals surface area (Å²) in [6.07, 6.45) is 2.55. The van der Waals surface area contributed by atoms with Crippen LogP contribution in [0.5, 0.6) is 0 Å². The highest BCUT2D eigenvalue weighted by molar-refractivity contribution is 6.09. The Kier molecular flexibility index (Phi) is 8.55. The van der Waals surface area contributed by atoms with E-state index in [1.165, 1.54) is 25.8 Å². The van der Waals surface area contributed by atoms with Gasteiger partial charge in [-0.3, -0.25) is 19.7 Å². The number of nitrogens with one attached hydrogen (secondary N) is 3. The first-order valence-corrected chi connectivity index (χ1v) is 14.7. The molecule has 0 radical (unpaired) electrons. The number of carboxylic acids is 1. The second kappa shape index (κ2) is 12.7. The van der Waals surface area contributed by atoms with Crippen molar-refractivity contribution in [1.82, 2.24) is 30.0 Å². The Morgan fingerprint density at radius 1 is 1.00 bits per heavy atom. The van der Waals surface area contributed by atoms with Crippen LogP contribution in [0, 0.1) is 0 Å². The van der Waals surface area contributed by atoms with Gasteiger partial charge in [0.15, 0.2) is 0 Å². The number of piperazine rings is 1. The molecular weight excluding hydrogens is 587 g/mol. The van der Waals surface area contributed by atoms with Crippen molar-refractivity contribution < 1.29 is 27.9 Å². The minimum Gasteiger partial charge on any atom is -0.475 e. The highest BCUT2D eigenvalue weighted by atomic mass is 19.4. The molecule has 7 rings (SSSR count). The molecule has 4 N–H and O–H groups in total. The molecule has 5 aromatic rings. The Morgan fingerprint density at radius 2 is 1.82 bits per heavy atom. The average molecular weight is 620 g/mol. The van der Waals surface area contributed by atoms with Gasteiger partial charge in [-0.1, -0.05) is 24.6 Å². The smallest absolute Gasteiger partial charge is 0.475 e. The number of pyridine rings is 1. The number of amides is 1. The first kappa shape index (κ1) is 30.3. The number of fused-ring (bicyclic) bond motifs is 3. The van der Waals surface area contributed by atoms with Gasteiger partial charge in [-0.25, -0.2) is 9.78 Å². The van der Waals surface area contributed by atoms with E-state index in [4.69, 9.17) is 14.9 Å². The third-order valence-corrected chi connectivity index (χ3v) is 8.30. The minimum atomic E-state index is -5.08. The number of nitrogens with zero attached hydrogens (tertiary/aromatic N) is 4. The summed E-state index contributed by atoms with van der Waals surface area (Å²) in [5, 5.41) is 19.5. The minimum absolute atomic E-state index is 0.219. The molecule has 2 fully saturated rings. The normalized spacial score (nSPS) is 17.4. The molecule has 2 aromatic carbocycles. The maximum Gasteiger partial charge on any atom is 0.490 e. The van der Waals surface area contributed by atoms with Crippen molar-refractivity contribution in [2.45, 2.75) is 38.0 Å². The number of benzene rings is 2. The van der Waals surface area contributed by atoms with Crippen molar-refractivity contribution in [2.24, 2.45) is 0 Å². The average Bonchev–Trinajstić information content (AvgIpc) is 3.71. The second-order valence-corrected chi connectivity index (χ2v) is 11.3. The van der Waals surface area contributed by atoms with E-state index in [1.54, 1.807) is 12.3 Å². The maximum absolute atomic E-state index is 13.4. The van der Waals surface area contributed by atoms with E-state index in [0.29, 0.717) is 17.4 Å². The van der Waals surface area contributed by atoms with Gasteiger partial charge in [0.1, 0.15) is 5.69 Å². The van der Waals surface area contributed by atoms with Crippen LogP contribution >= 0.6 is 0 Å². The number of carboxylic acid groups (broad SMARTS) is 1. The number of aliphatic carboxylic acids is 1. The van der Waals surface area contributed by atoms with Gasteiger partial charge in [0.2, 0.25) is 0 Å². The van der Waals surface area contributed by atoms with Crippen LogP contribution in [-0.4, -0.2) is 85.3 Å². The van der Waals surface area contributed by atoms with Gasteiger partial charge in [0.05, 0.1) is 23.1 Å². The lowest BCUT2D eigenvalue weighted by atomic mass is 9.99. The van der Waals surface area contributed by atoms with Crippen LogP contribution in [0.2, 0.25) is 0 Å². The fourth-order valence-electron chi connectivity index (χ4n) is 6.12. The lowest BCUT2D eigenvalue weighted by molar-refractivity contribution is -0.192. The number of H-pyrrole nitrogens is 2. The molecule has 0 spiro atoms. The zero-order valence-electron chi connectivity index (χ0n) is 24.3. The van der Waals surface area contributed by atoms with Crippen molar-refractivity contribution >= 4 is 39.4 Å². The van der Waals surface area contributed by atoms with E-state index in [1.807, 2.05) is 30.5 Å². The van der Waals surface area contributed by atoms with Crippen LogP contribution < -0.4 is 5.32 Å². The van der Waals surface area contributed by atoms with Gasteiger partial charge in [-0.05, 0) is 66.9 Å². The number of carbonyl (C=O) groups is 2. The highest BCUT2D eigenvalue weighted by Crippen LogP contribution is 2.34. The van der Waals surface area contributed by atoms with Crippen LogP contribution in [0.4, 0.5) is 18.9 Å². The first-order valence-electron chi connectivity index (χ1n) is 14.7. The molecule has 1 amide bonds. The van der Waals surface area contributed by atoms with Crippen LogP contribution in [0.25, 0.3) is 32.9 Å². The molecule has 234 valence electrons. The first-order chi connectivity index (χ1) is 21.7. The molecule has 13 heteroatoms. The number of halogens is 3. The Labute approximate surface area is 256 Å². The predicted octanol–water partition coefficient (Wildman–Crippen LogP) is 5.66. The van der Waals surface area contributed by atoms with Crippen molar-refractivity contribution in [2.75, 3.05) is 31.5 Å². The fourth-order valence-corrected chi connectivity index (χ4v) is 6.12. The third-order valence-electron chi connectivity index (χ3n) is 8.30. The zero-order chi connectivity index (χ0) is 31.6. The van der Waals surface area contributed by atoms with E-state index in [9.17, 15) is 18.0 Å². The number of aromatic nitrogens is 4. The number of piperidine rings is 1. The number of aromatic amines is 2. The quantitative estimate of drug-likeness (QED) is 0.200. The number of alkyl halides is 3. The van der Waals surface area contributed by atoms with Crippen LogP contribution in [0.3, 0.4) is 0 Å². The molecule has 1 unspecified atom stereocenters. The third kappa shape index (κ3) is 6.84. The molecule has 10 nitrogen and oxygen atoms in total. The van der Waals surface area contributed by atoms with E-state index in [0.717, 1.165) is 64.8 Å². The predicted molar refractivity (Wildman–Crippen MR) is 164 cm³/mol. The zero-order valence-corrected chi connectivity index (χ0v) is 24.3. The Morgan fingerprint density at radius 3 is 2.64 bits per heavy atom. The standard InChI is InChI=1S/C30H31N7O.C2HF3O2/c38-30(27-9-3-5-21(33-27)18-36-13-14-37-12-2-1-6-22(37)19-36)34-28-15-20(16-29-25(28)17-32-35-29)23-7-4-8-26-24(23)10-11-31-26;3-2(4,5)1(6)7/h3-5,7-11,15-17,22,31H,1-2,6,12-14,18-19H2,(H,32,35)(H,34,38);(H,6,7). The Hall–Kier alpha value is -4.75. The number of carbonyl (C=O) groups excluding carboxylic acids is 1. The molecule has 0 aliphatic carbocycles. The Balaban J connectivity index is 0.000000460. The van der Waals surface area contributed by atoms with Crippen molar-refractivity contribution in [3.8, 4) is 11.1 Å². The topological polar surface area (TPSA) is 130 Å². The van der Waals surface area contributed by atoms with Gasteiger partial charge in [-0.15, -0.1) is 0 Å². The summed E-state index contributed by atoms with van der Waals surface area (Å²) in [5.74, 6) is -2.98. The molecule has 1 atom stereocenters. The molecule has 3 aromatic heterocycles. The van der Waals surface area contributed by atoms with Crippen molar-refractivity contribution in [3.63, 3.8) is 0 Å². The summed E-state index contributed by atoms with van der Waals surface area (Å²) in [5.41, 5.74) is 6.11. The SMILES string of the molecule is O=C(Nc1cc(-c2cccc3[nH]ccc23)cc2[nH]ncc12)c1cccc(CN2CCN3CCCCC3C2)n1.O=C(O)C(F)(F)F. The molecule has 0 bridgehead atoms. The maximum atomic E-state index is 13.4. The summed E-state index contributed by atoms with van der Waals surface area (Å²) >= 11 is 0. The number of anilines is 1. The molecule has 0 saturated carbocycles. The number of hydrogen-bond donors (Lipinski definition) is 4. The lowest BCUT2D eigenvalue weighted by Gasteiger charge is -2.44. The fraction of sp³-hybridized carbons (Fsp3) is 0.312. The van der Waals surface area contributed by atoms with E-state index in [2.05, 4.69) is 54.6 Å². The molecule has 2 saturated heterocycles. The van der Waals surface area contributed by atoms with Crippen molar-refractivity contribution in [1.29, 1.82) is 0 Å². The molecule has 2 aliphatic heterocycles. The summed E-state index contributed by atoms with van der Waals surface area (Å²) in [4.78, 5) is 35.4. The van der Waals surface area contributed by atoms with Crippen molar-refractivity contribution in [3.05, 3.63) is 78.4 Å². The van der Waals surface area contributed by atoms with E-state index >= 15 is 0 Å². The number of hydrogen-bond acceptors (Lipinski definition) is 6.